The predicted octanol–water partition coefficient (Wildman–Crippen LogP) is 4.41. The van der Waals surface area contributed by atoms with E-state index in [2.05, 4.69) is 15.3 Å². The van der Waals surface area contributed by atoms with Gasteiger partial charge in [0, 0.05) is 17.1 Å². The smallest absolute Gasteiger partial charge is 0.224 e. The number of aryl methyl sites for hydroxylation is 1. The van der Waals surface area contributed by atoms with Gasteiger partial charge in [0.15, 0.2) is 0 Å². The minimum Gasteiger partial charge on any atom is -0.350 e. The molecule has 1 heterocycles. The number of fused-ring (bicyclic) bond motifs is 1. The van der Waals surface area contributed by atoms with Gasteiger partial charge in [-0.15, -0.1) is 0 Å². The lowest BCUT2D eigenvalue weighted by Gasteiger charge is -2.17. The van der Waals surface area contributed by atoms with Crippen molar-refractivity contribution in [1.82, 2.24) is 9.97 Å². The Morgan fingerprint density at radius 1 is 1.14 bits per heavy atom. The molecular formula is C15H14Cl2FN3. The Morgan fingerprint density at radius 2 is 1.95 bits per heavy atom. The Labute approximate surface area is 132 Å². The van der Waals surface area contributed by atoms with Crippen LogP contribution < -0.4 is 5.32 Å². The van der Waals surface area contributed by atoms with E-state index in [4.69, 9.17) is 23.2 Å². The first kappa shape index (κ1) is 14.5. The molecule has 6 heteroatoms. The highest BCUT2D eigenvalue weighted by atomic mass is 35.5. The SMILES string of the molecule is Fc1ccc(CNc2nc(Cl)c3c(n2)CCCC3)c(Cl)c1. The summed E-state index contributed by atoms with van der Waals surface area (Å²) in [5.74, 6) is 0.137. The fraction of sp³-hybridized carbons (Fsp3) is 0.333. The number of nitrogens with one attached hydrogen (secondary N) is 1. The molecule has 0 unspecified atom stereocenters. The molecule has 3 nitrogen and oxygen atoms in total. The zero-order valence-electron chi connectivity index (χ0n) is 11.3. The van der Waals surface area contributed by atoms with Crippen molar-refractivity contribution in [2.45, 2.75) is 32.2 Å². The van der Waals surface area contributed by atoms with Crippen molar-refractivity contribution < 1.29 is 4.39 Å². The molecule has 0 atom stereocenters. The van der Waals surface area contributed by atoms with Gasteiger partial charge in [-0.1, -0.05) is 29.3 Å². The van der Waals surface area contributed by atoms with Gasteiger partial charge in [0.1, 0.15) is 11.0 Å². The number of hydrogen-bond acceptors (Lipinski definition) is 3. The molecular weight excluding hydrogens is 312 g/mol. The molecule has 0 bridgehead atoms. The van der Waals surface area contributed by atoms with Crippen LogP contribution in [0.4, 0.5) is 10.3 Å². The lowest BCUT2D eigenvalue weighted by molar-refractivity contribution is 0.627. The second-order valence-electron chi connectivity index (χ2n) is 5.06. The van der Waals surface area contributed by atoms with Crippen LogP contribution in [0, 0.1) is 5.82 Å². The molecule has 0 spiro atoms. The molecule has 1 aromatic carbocycles. The molecule has 0 saturated heterocycles. The molecule has 2 aromatic rings. The number of rotatable bonds is 3. The van der Waals surface area contributed by atoms with Crippen LogP contribution >= 0.6 is 23.2 Å². The summed E-state index contributed by atoms with van der Waals surface area (Å²) in [5, 5.41) is 4.00. The van der Waals surface area contributed by atoms with Crippen LogP contribution in [-0.2, 0) is 19.4 Å². The van der Waals surface area contributed by atoms with E-state index in [0.29, 0.717) is 22.7 Å². The minimum absolute atomic E-state index is 0.350. The largest absolute Gasteiger partial charge is 0.350 e. The number of halogens is 3. The summed E-state index contributed by atoms with van der Waals surface area (Å²) < 4.78 is 13.0. The lowest BCUT2D eigenvalue weighted by atomic mass is 9.97. The van der Waals surface area contributed by atoms with Crippen LogP contribution in [0.15, 0.2) is 18.2 Å². The zero-order valence-corrected chi connectivity index (χ0v) is 12.8. The number of benzene rings is 1. The maximum atomic E-state index is 13.0. The zero-order chi connectivity index (χ0) is 14.8. The quantitative estimate of drug-likeness (QED) is 0.849. The lowest BCUT2D eigenvalue weighted by Crippen LogP contribution is -2.12. The van der Waals surface area contributed by atoms with E-state index in [-0.39, 0.29) is 5.82 Å². The van der Waals surface area contributed by atoms with Crippen LogP contribution in [-0.4, -0.2) is 9.97 Å². The molecule has 0 radical (unpaired) electrons. The van der Waals surface area contributed by atoms with Gasteiger partial charge >= 0.3 is 0 Å². The first-order valence-corrected chi connectivity index (χ1v) is 7.62. The van der Waals surface area contributed by atoms with Gasteiger partial charge in [-0.25, -0.2) is 14.4 Å². The molecule has 3 rings (SSSR count). The normalized spacial score (nSPS) is 13.9. The molecule has 0 amide bonds. The Hall–Kier alpha value is -1.39. The average molecular weight is 326 g/mol. The van der Waals surface area contributed by atoms with Crippen molar-refractivity contribution in [2.75, 3.05) is 5.32 Å². The van der Waals surface area contributed by atoms with Gasteiger partial charge in [0.25, 0.3) is 0 Å². The van der Waals surface area contributed by atoms with E-state index in [9.17, 15) is 4.39 Å². The molecule has 1 aliphatic carbocycles. The Bertz CT molecular complexity index is 676. The monoisotopic (exact) mass is 325 g/mol. The molecule has 1 N–H and O–H groups in total. The highest BCUT2D eigenvalue weighted by Crippen LogP contribution is 2.26. The second-order valence-corrected chi connectivity index (χ2v) is 5.82. The Balaban J connectivity index is 1.77. The number of anilines is 1. The highest BCUT2D eigenvalue weighted by Gasteiger charge is 2.16. The van der Waals surface area contributed by atoms with Gasteiger partial charge in [-0.05, 0) is 43.4 Å². The summed E-state index contributed by atoms with van der Waals surface area (Å²) >= 11 is 12.2. The van der Waals surface area contributed by atoms with E-state index in [0.717, 1.165) is 42.5 Å². The van der Waals surface area contributed by atoms with Crippen molar-refractivity contribution in [2.24, 2.45) is 0 Å². The fourth-order valence-corrected chi connectivity index (χ4v) is 2.98. The highest BCUT2D eigenvalue weighted by molar-refractivity contribution is 6.31. The maximum absolute atomic E-state index is 13.0. The van der Waals surface area contributed by atoms with Crippen LogP contribution in [0.25, 0.3) is 0 Å². The van der Waals surface area contributed by atoms with Gasteiger partial charge in [0.2, 0.25) is 5.95 Å². The van der Waals surface area contributed by atoms with Gasteiger partial charge in [-0.3, -0.25) is 0 Å². The van der Waals surface area contributed by atoms with Crippen molar-refractivity contribution in [3.63, 3.8) is 0 Å². The van der Waals surface area contributed by atoms with Crippen molar-refractivity contribution in [1.29, 1.82) is 0 Å². The van der Waals surface area contributed by atoms with E-state index in [1.807, 2.05) is 0 Å². The predicted molar refractivity (Wildman–Crippen MR) is 82.4 cm³/mol. The third-order valence-corrected chi connectivity index (χ3v) is 4.25. The fourth-order valence-electron chi connectivity index (χ4n) is 2.47. The first-order chi connectivity index (χ1) is 10.1. The summed E-state index contributed by atoms with van der Waals surface area (Å²) in [5.41, 5.74) is 2.87. The Morgan fingerprint density at radius 3 is 2.76 bits per heavy atom. The first-order valence-electron chi connectivity index (χ1n) is 6.86. The van der Waals surface area contributed by atoms with Crippen LogP contribution in [0.2, 0.25) is 10.2 Å². The van der Waals surface area contributed by atoms with Gasteiger partial charge < -0.3 is 5.32 Å². The average Bonchev–Trinajstić information content (AvgIpc) is 2.46. The van der Waals surface area contributed by atoms with Crippen LogP contribution in [0.1, 0.15) is 29.7 Å². The second kappa shape index (κ2) is 6.16. The van der Waals surface area contributed by atoms with Crippen LogP contribution in [0.3, 0.4) is 0 Å². The molecule has 1 aliphatic rings. The third-order valence-electron chi connectivity index (χ3n) is 3.58. The summed E-state index contributed by atoms with van der Waals surface area (Å²) in [6.45, 7) is 0.425. The van der Waals surface area contributed by atoms with Gasteiger partial charge in [-0.2, -0.15) is 0 Å². The van der Waals surface area contributed by atoms with E-state index >= 15 is 0 Å². The topological polar surface area (TPSA) is 37.8 Å². The van der Waals surface area contributed by atoms with Crippen LogP contribution in [0.5, 0.6) is 0 Å². The summed E-state index contributed by atoms with van der Waals surface area (Å²) in [6.07, 6.45) is 4.14. The molecule has 0 aliphatic heterocycles. The molecule has 110 valence electrons. The molecule has 0 saturated carbocycles. The minimum atomic E-state index is -0.350. The standard InChI is InChI=1S/C15H14Cl2FN3/c16-12-7-10(18)6-5-9(12)8-19-15-20-13-4-2-1-3-11(13)14(17)21-15/h5-7H,1-4,8H2,(H,19,20,21). The number of aromatic nitrogens is 2. The van der Waals surface area contributed by atoms with Crippen molar-refractivity contribution in [3.8, 4) is 0 Å². The number of nitrogens with zero attached hydrogens (tertiary/aromatic N) is 2. The number of hydrogen-bond donors (Lipinski definition) is 1. The van der Waals surface area contributed by atoms with E-state index < -0.39 is 0 Å². The van der Waals surface area contributed by atoms with Gasteiger partial charge in [0.05, 0.1) is 5.69 Å². The van der Waals surface area contributed by atoms with Crippen molar-refractivity contribution >= 4 is 29.2 Å². The third kappa shape index (κ3) is 3.27. The van der Waals surface area contributed by atoms with E-state index in [1.54, 1.807) is 6.07 Å². The molecule has 1 aromatic heterocycles. The van der Waals surface area contributed by atoms with E-state index in [1.165, 1.54) is 12.1 Å². The maximum Gasteiger partial charge on any atom is 0.224 e. The molecule has 0 fully saturated rings. The molecule has 21 heavy (non-hydrogen) atoms. The summed E-state index contributed by atoms with van der Waals surface area (Å²) in [4.78, 5) is 8.79. The summed E-state index contributed by atoms with van der Waals surface area (Å²) in [7, 11) is 0. The summed E-state index contributed by atoms with van der Waals surface area (Å²) in [6, 6.07) is 4.31. The Kier molecular flexibility index (Phi) is 4.27. The van der Waals surface area contributed by atoms with Crippen molar-refractivity contribution in [3.05, 3.63) is 51.0 Å².